The molecule has 0 saturated heterocycles. The van der Waals surface area contributed by atoms with Crippen molar-refractivity contribution < 1.29 is 19.4 Å². The molecule has 1 heterocycles. The molecule has 1 amide bonds. The minimum atomic E-state index is -1.02. The average molecular weight is 414 g/mol. The number of carbonyl (C=O) groups excluding carboxylic acids is 1. The maximum Gasteiger partial charge on any atom is 0.339 e. The number of rotatable bonds is 5. The van der Waals surface area contributed by atoms with E-state index in [1.54, 1.807) is 19.1 Å². The van der Waals surface area contributed by atoms with Crippen LogP contribution >= 0.6 is 34.5 Å². The fourth-order valence-corrected chi connectivity index (χ4v) is 4.65. The second kappa shape index (κ2) is 7.86. The number of halogens is 2. The fourth-order valence-electron chi connectivity index (χ4n) is 2.91. The number of aryl methyl sites for hydroxylation is 1. The van der Waals surface area contributed by atoms with Crippen LogP contribution in [0.3, 0.4) is 0 Å². The number of amides is 1. The molecule has 0 aliphatic heterocycles. The van der Waals surface area contributed by atoms with Crippen LogP contribution in [0.25, 0.3) is 0 Å². The zero-order chi connectivity index (χ0) is 18.8. The number of carbonyl (C=O) groups is 2. The van der Waals surface area contributed by atoms with E-state index in [1.807, 2.05) is 0 Å². The number of hydrogen-bond donors (Lipinski definition) is 2. The van der Waals surface area contributed by atoms with Crippen molar-refractivity contribution in [3.63, 3.8) is 0 Å². The SMILES string of the molecule is CC(Oc1ccc(Cl)cc1Cl)C(=O)Nc1sc2c(c1C(=O)O)CCCC2. The third-order valence-corrected chi connectivity index (χ3v) is 5.93. The van der Waals surface area contributed by atoms with Crippen LogP contribution in [0.2, 0.25) is 10.0 Å². The lowest BCUT2D eigenvalue weighted by molar-refractivity contribution is -0.122. The molecular weight excluding hydrogens is 397 g/mol. The maximum absolute atomic E-state index is 12.5. The largest absolute Gasteiger partial charge is 0.479 e. The molecular formula is C18H17Cl2NO4S. The van der Waals surface area contributed by atoms with E-state index in [4.69, 9.17) is 27.9 Å². The number of aromatic carboxylic acids is 1. The van der Waals surface area contributed by atoms with Crippen LogP contribution in [0.4, 0.5) is 5.00 Å². The van der Waals surface area contributed by atoms with Gasteiger partial charge >= 0.3 is 5.97 Å². The van der Waals surface area contributed by atoms with E-state index >= 15 is 0 Å². The summed E-state index contributed by atoms with van der Waals surface area (Å²) in [6.45, 7) is 1.58. The zero-order valence-corrected chi connectivity index (χ0v) is 16.3. The van der Waals surface area contributed by atoms with Crippen LogP contribution in [-0.2, 0) is 17.6 Å². The maximum atomic E-state index is 12.5. The summed E-state index contributed by atoms with van der Waals surface area (Å²) in [6, 6.07) is 4.73. The Morgan fingerprint density at radius 3 is 2.69 bits per heavy atom. The summed E-state index contributed by atoms with van der Waals surface area (Å²) >= 11 is 13.2. The van der Waals surface area contributed by atoms with E-state index < -0.39 is 18.0 Å². The molecule has 1 unspecified atom stereocenters. The number of fused-ring (bicyclic) bond motifs is 1. The molecule has 5 nitrogen and oxygen atoms in total. The molecule has 0 spiro atoms. The molecule has 1 aliphatic carbocycles. The molecule has 3 rings (SSSR count). The van der Waals surface area contributed by atoms with Gasteiger partial charge in [-0.1, -0.05) is 23.2 Å². The lowest BCUT2D eigenvalue weighted by Gasteiger charge is -2.15. The van der Waals surface area contributed by atoms with Gasteiger partial charge in [0, 0.05) is 9.90 Å². The van der Waals surface area contributed by atoms with Crippen molar-refractivity contribution in [2.24, 2.45) is 0 Å². The highest BCUT2D eigenvalue weighted by Crippen LogP contribution is 2.38. The lowest BCUT2D eigenvalue weighted by atomic mass is 9.95. The number of ether oxygens (including phenoxy) is 1. The molecule has 26 heavy (non-hydrogen) atoms. The summed E-state index contributed by atoms with van der Waals surface area (Å²) in [5.41, 5.74) is 1.05. The van der Waals surface area contributed by atoms with Crippen molar-refractivity contribution in [2.45, 2.75) is 38.7 Å². The van der Waals surface area contributed by atoms with E-state index in [0.29, 0.717) is 20.8 Å². The predicted octanol–water partition coefficient (Wildman–Crippen LogP) is 5.04. The molecule has 8 heteroatoms. The van der Waals surface area contributed by atoms with Gasteiger partial charge in [-0.25, -0.2) is 4.79 Å². The number of carboxylic acid groups (broad SMARTS) is 1. The Bertz CT molecular complexity index is 865. The number of nitrogens with one attached hydrogen (secondary N) is 1. The summed E-state index contributed by atoms with van der Waals surface area (Å²) in [4.78, 5) is 25.2. The van der Waals surface area contributed by atoms with Crippen molar-refractivity contribution in [2.75, 3.05) is 5.32 Å². The van der Waals surface area contributed by atoms with Gasteiger partial charge < -0.3 is 15.2 Å². The highest BCUT2D eigenvalue weighted by atomic mass is 35.5. The van der Waals surface area contributed by atoms with Crippen LogP contribution in [0, 0.1) is 0 Å². The molecule has 1 aliphatic rings. The zero-order valence-electron chi connectivity index (χ0n) is 14.0. The molecule has 0 radical (unpaired) electrons. The van der Waals surface area contributed by atoms with Crippen molar-refractivity contribution >= 4 is 51.4 Å². The van der Waals surface area contributed by atoms with E-state index in [1.165, 1.54) is 17.4 Å². The van der Waals surface area contributed by atoms with E-state index in [0.717, 1.165) is 36.1 Å². The smallest absolute Gasteiger partial charge is 0.339 e. The molecule has 0 bridgehead atoms. The van der Waals surface area contributed by atoms with Crippen LogP contribution in [0.1, 0.15) is 40.6 Å². The van der Waals surface area contributed by atoms with Gasteiger partial charge in [-0.05, 0) is 56.4 Å². The normalized spacial score (nSPS) is 14.4. The van der Waals surface area contributed by atoms with Gasteiger partial charge in [0.2, 0.25) is 0 Å². The molecule has 0 saturated carbocycles. The first-order chi connectivity index (χ1) is 12.4. The highest BCUT2D eigenvalue weighted by Gasteiger charge is 2.27. The van der Waals surface area contributed by atoms with Crippen LogP contribution in [0.15, 0.2) is 18.2 Å². The second-order valence-corrected chi connectivity index (χ2v) is 7.99. The Morgan fingerprint density at radius 2 is 2.00 bits per heavy atom. The monoisotopic (exact) mass is 413 g/mol. The standard InChI is InChI=1S/C18H17Cl2NO4S/c1-9(25-13-7-6-10(19)8-12(13)20)16(22)21-17-15(18(23)24)11-4-2-3-5-14(11)26-17/h6-9H,2-5H2,1H3,(H,21,22)(H,23,24). The van der Waals surface area contributed by atoms with Crippen molar-refractivity contribution in [3.05, 3.63) is 44.2 Å². The van der Waals surface area contributed by atoms with Gasteiger partial charge in [0.25, 0.3) is 5.91 Å². The molecule has 0 fully saturated rings. The van der Waals surface area contributed by atoms with Crippen molar-refractivity contribution in [1.29, 1.82) is 0 Å². The Morgan fingerprint density at radius 1 is 1.27 bits per heavy atom. The number of anilines is 1. The van der Waals surface area contributed by atoms with Gasteiger partial charge in [0.15, 0.2) is 6.10 Å². The summed E-state index contributed by atoms with van der Waals surface area (Å²) < 4.78 is 5.59. The van der Waals surface area contributed by atoms with Crippen LogP contribution in [0.5, 0.6) is 5.75 Å². The van der Waals surface area contributed by atoms with Gasteiger partial charge in [0.05, 0.1) is 10.6 Å². The van der Waals surface area contributed by atoms with Crippen LogP contribution < -0.4 is 10.1 Å². The lowest BCUT2D eigenvalue weighted by Crippen LogP contribution is -2.30. The average Bonchev–Trinajstić information content (AvgIpc) is 2.95. The minimum absolute atomic E-state index is 0.203. The van der Waals surface area contributed by atoms with E-state index in [9.17, 15) is 14.7 Å². The molecule has 1 aromatic heterocycles. The van der Waals surface area contributed by atoms with E-state index in [2.05, 4.69) is 5.32 Å². The minimum Gasteiger partial charge on any atom is -0.479 e. The quantitative estimate of drug-likeness (QED) is 0.719. The Labute approximate surface area is 164 Å². The molecule has 1 aromatic carbocycles. The molecule has 2 aromatic rings. The van der Waals surface area contributed by atoms with Crippen molar-refractivity contribution in [1.82, 2.24) is 0 Å². The first-order valence-corrected chi connectivity index (χ1v) is 9.74. The van der Waals surface area contributed by atoms with Crippen molar-refractivity contribution in [3.8, 4) is 5.75 Å². The number of benzene rings is 1. The first kappa shape index (κ1) is 19.0. The molecule has 138 valence electrons. The predicted molar refractivity (Wildman–Crippen MR) is 103 cm³/mol. The molecule has 1 atom stereocenters. The summed E-state index contributed by atoms with van der Waals surface area (Å²) in [6.07, 6.45) is 2.73. The summed E-state index contributed by atoms with van der Waals surface area (Å²) in [5, 5.41) is 13.4. The molecule has 2 N–H and O–H groups in total. The number of hydrogen-bond acceptors (Lipinski definition) is 4. The highest BCUT2D eigenvalue weighted by molar-refractivity contribution is 7.17. The second-order valence-electron chi connectivity index (χ2n) is 6.04. The number of thiophene rings is 1. The first-order valence-electron chi connectivity index (χ1n) is 8.17. The van der Waals surface area contributed by atoms with Gasteiger partial charge in [-0.15, -0.1) is 11.3 Å². The Kier molecular flexibility index (Phi) is 5.75. The Balaban J connectivity index is 1.77. The van der Waals surface area contributed by atoms with Gasteiger partial charge in [-0.2, -0.15) is 0 Å². The van der Waals surface area contributed by atoms with E-state index in [-0.39, 0.29) is 5.56 Å². The van der Waals surface area contributed by atoms with Crippen LogP contribution in [-0.4, -0.2) is 23.1 Å². The van der Waals surface area contributed by atoms with Gasteiger partial charge in [0.1, 0.15) is 10.8 Å². The number of carboxylic acids is 1. The third-order valence-electron chi connectivity index (χ3n) is 4.19. The Hall–Kier alpha value is -1.76. The summed E-state index contributed by atoms with van der Waals surface area (Å²) in [5.74, 6) is -1.12. The third kappa shape index (κ3) is 3.98. The van der Waals surface area contributed by atoms with Gasteiger partial charge in [-0.3, -0.25) is 4.79 Å². The fraction of sp³-hybridized carbons (Fsp3) is 0.333. The summed E-state index contributed by atoms with van der Waals surface area (Å²) in [7, 11) is 0. The topological polar surface area (TPSA) is 75.6 Å².